The number of non-ortho nitro benzene ring substituents is 1. The molecule has 1 aliphatic rings. The number of nitro benzene ring substituents is 1. The van der Waals surface area contributed by atoms with Gasteiger partial charge >= 0.3 is 0 Å². The first-order valence-corrected chi connectivity index (χ1v) is 9.03. The molecule has 0 radical (unpaired) electrons. The van der Waals surface area contributed by atoms with Crippen molar-refractivity contribution in [2.75, 3.05) is 0 Å². The van der Waals surface area contributed by atoms with Gasteiger partial charge in [-0.2, -0.15) is 0 Å². The molecule has 0 aliphatic heterocycles. The van der Waals surface area contributed by atoms with Gasteiger partial charge in [-0.05, 0) is 23.3 Å². The molecule has 3 aromatic rings. The molecule has 0 spiro atoms. The maximum Gasteiger partial charge on any atom is 0.269 e. The van der Waals surface area contributed by atoms with Crippen molar-refractivity contribution in [3.8, 4) is 0 Å². The van der Waals surface area contributed by atoms with Gasteiger partial charge in [-0.25, -0.2) is 0 Å². The van der Waals surface area contributed by atoms with Crippen molar-refractivity contribution in [2.24, 2.45) is 5.92 Å². The molecule has 134 valence electrons. The summed E-state index contributed by atoms with van der Waals surface area (Å²) in [6, 6.07) is 23.3. The Balaban J connectivity index is 1.69. The Kier molecular flexibility index (Phi) is 4.50. The van der Waals surface area contributed by atoms with Gasteiger partial charge < -0.3 is 0 Å². The third-order valence-electron chi connectivity index (χ3n) is 5.12. The monoisotopic (exact) mass is 377 g/mol. The Labute approximate surface area is 161 Å². The highest BCUT2D eigenvalue weighted by Crippen LogP contribution is 2.61. The van der Waals surface area contributed by atoms with E-state index in [2.05, 4.69) is 0 Å². The van der Waals surface area contributed by atoms with Crippen molar-refractivity contribution >= 4 is 23.1 Å². The summed E-state index contributed by atoms with van der Waals surface area (Å²) in [6.45, 7) is 0. The van der Waals surface area contributed by atoms with E-state index in [1.54, 1.807) is 12.1 Å². The number of ketones is 1. The molecule has 4 rings (SSSR count). The van der Waals surface area contributed by atoms with Crippen molar-refractivity contribution < 1.29 is 9.72 Å². The summed E-state index contributed by atoms with van der Waals surface area (Å²) in [5.74, 6) is -0.0509. The standard InChI is InChI=1S/C22H16ClNO3/c23-17-10-6-14(7-11-17)19-20(15-8-12-18(13-9-15)24(26)27)21(19)22(25)16-4-2-1-3-5-16/h1-13,19-21H/t19-,20+,21-/m1/s1. The predicted molar refractivity (Wildman–Crippen MR) is 104 cm³/mol. The smallest absolute Gasteiger partial charge is 0.269 e. The molecule has 3 aromatic carbocycles. The summed E-state index contributed by atoms with van der Waals surface area (Å²) >= 11 is 6.00. The highest BCUT2D eigenvalue weighted by Gasteiger charge is 2.55. The van der Waals surface area contributed by atoms with Crippen LogP contribution in [0.2, 0.25) is 5.02 Å². The Bertz CT molecular complexity index is 984. The maximum absolute atomic E-state index is 13.1. The van der Waals surface area contributed by atoms with E-state index in [0.717, 1.165) is 11.1 Å². The number of carbonyl (C=O) groups is 1. The molecule has 0 amide bonds. The lowest BCUT2D eigenvalue weighted by Crippen LogP contribution is -2.04. The van der Waals surface area contributed by atoms with E-state index in [9.17, 15) is 14.9 Å². The van der Waals surface area contributed by atoms with Crippen LogP contribution >= 0.6 is 11.6 Å². The summed E-state index contributed by atoms with van der Waals surface area (Å²) in [6.07, 6.45) is 0. The Hall–Kier alpha value is -2.98. The van der Waals surface area contributed by atoms with Gasteiger partial charge in [0.1, 0.15) is 0 Å². The van der Waals surface area contributed by atoms with Crippen LogP contribution in [0.1, 0.15) is 33.3 Å². The molecular weight excluding hydrogens is 362 g/mol. The number of nitrogens with zero attached hydrogens (tertiary/aromatic N) is 1. The zero-order valence-electron chi connectivity index (χ0n) is 14.3. The normalized spacial score (nSPS) is 20.9. The number of rotatable bonds is 5. The Morgan fingerprint density at radius 1 is 0.815 bits per heavy atom. The second-order valence-corrected chi connectivity index (χ2v) is 7.14. The highest BCUT2D eigenvalue weighted by atomic mass is 35.5. The second kappa shape index (κ2) is 6.97. The van der Waals surface area contributed by atoms with E-state index < -0.39 is 4.92 Å². The lowest BCUT2D eigenvalue weighted by Gasteiger charge is -2.01. The highest BCUT2D eigenvalue weighted by molar-refractivity contribution is 6.30. The van der Waals surface area contributed by atoms with Crippen molar-refractivity contribution in [1.82, 2.24) is 0 Å². The number of nitro groups is 1. The van der Waals surface area contributed by atoms with E-state index in [0.29, 0.717) is 10.6 Å². The molecule has 0 bridgehead atoms. The fraction of sp³-hybridized carbons (Fsp3) is 0.136. The number of halogens is 1. The van der Waals surface area contributed by atoms with Crippen LogP contribution in [0.25, 0.3) is 0 Å². The van der Waals surface area contributed by atoms with Crippen LogP contribution < -0.4 is 0 Å². The van der Waals surface area contributed by atoms with Crippen LogP contribution in [-0.4, -0.2) is 10.7 Å². The SMILES string of the molecule is O=C(c1ccccc1)[C@H]1[C@@H](c2ccc([N+](=O)[O-])cc2)[C@H]1c1ccc(Cl)cc1. The topological polar surface area (TPSA) is 60.2 Å². The molecular formula is C22H16ClNO3. The van der Waals surface area contributed by atoms with E-state index in [4.69, 9.17) is 11.6 Å². The number of carbonyl (C=O) groups excluding carboxylic acids is 1. The molecule has 0 N–H and O–H groups in total. The number of benzene rings is 3. The lowest BCUT2D eigenvalue weighted by atomic mass is 10.0. The van der Waals surface area contributed by atoms with Crippen LogP contribution in [-0.2, 0) is 0 Å². The first-order valence-electron chi connectivity index (χ1n) is 8.65. The summed E-state index contributed by atoms with van der Waals surface area (Å²) in [5, 5.41) is 11.6. The van der Waals surface area contributed by atoms with Crippen LogP contribution in [0, 0.1) is 16.0 Å². The molecule has 0 saturated heterocycles. The van der Waals surface area contributed by atoms with E-state index in [1.165, 1.54) is 12.1 Å². The van der Waals surface area contributed by atoms with Gasteiger partial charge in [-0.3, -0.25) is 14.9 Å². The molecule has 1 saturated carbocycles. The molecule has 3 atom stereocenters. The van der Waals surface area contributed by atoms with Gasteiger partial charge in [0.25, 0.3) is 5.69 Å². The largest absolute Gasteiger partial charge is 0.294 e. The maximum atomic E-state index is 13.1. The molecule has 27 heavy (non-hydrogen) atoms. The zero-order valence-corrected chi connectivity index (χ0v) is 15.0. The van der Waals surface area contributed by atoms with Crippen LogP contribution in [0.5, 0.6) is 0 Å². The van der Waals surface area contributed by atoms with Crippen molar-refractivity contribution in [3.63, 3.8) is 0 Å². The predicted octanol–water partition coefficient (Wildman–Crippen LogP) is 5.63. The minimum absolute atomic E-state index is 0.000291. The Morgan fingerprint density at radius 2 is 1.33 bits per heavy atom. The van der Waals surface area contributed by atoms with Crippen molar-refractivity contribution in [2.45, 2.75) is 11.8 Å². The van der Waals surface area contributed by atoms with Gasteiger partial charge in [0.05, 0.1) is 4.92 Å². The summed E-state index contributed by atoms with van der Waals surface area (Å²) < 4.78 is 0. The molecule has 0 heterocycles. The van der Waals surface area contributed by atoms with Crippen LogP contribution in [0.3, 0.4) is 0 Å². The van der Waals surface area contributed by atoms with Crippen molar-refractivity contribution in [3.05, 3.63) is 111 Å². The number of hydrogen-bond donors (Lipinski definition) is 0. The Morgan fingerprint density at radius 3 is 1.85 bits per heavy atom. The molecule has 1 fully saturated rings. The van der Waals surface area contributed by atoms with E-state index in [-0.39, 0.29) is 29.2 Å². The summed E-state index contributed by atoms with van der Waals surface area (Å²) in [4.78, 5) is 23.6. The first kappa shape index (κ1) is 17.4. The molecule has 1 aliphatic carbocycles. The van der Waals surface area contributed by atoms with Gasteiger partial charge in [-0.1, -0.05) is 66.2 Å². The third-order valence-corrected chi connectivity index (χ3v) is 5.38. The average molecular weight is 378 g/mol. The minimum atomic E-state index is -0.417. The average Bonchev–Trinajstić information content (AvgIpc) is 3.44. The fourth-order valence-corrected chi connectivity index (χ4v) is 3.89. The third kappa shape index (κ3) is 3.36. The number of Topliss-reactive ketones (excluding diaryl/α,β-unsaturated/α-hetero) is 1. The molecule has 5 heteroatoms. The summed E-state index contributed by atoms with van der Waals surface area (Å²) in [7, 11) is 0. The van der Waals surface area contributed by atoms with Crippen molar-refractivity contribution in [1.29, 1.82) is 0 Å². The zero-order chi connectivity index (χ0) is 19.0. The molecule has 0 aromatic heterocycles. The minimum Gasteiger partial charge on any atom is -0.294 e. The van der Waals surface area contributed by atoms with Gasteiger partial charge in [0.15, 0.2) is 5.78 Å². The molecule has 4 nitrogen and oxygen atoms in total. The van der Waals surface area contributed by atoms with Gasteiger partial charge in [-0.15, -0.1) is 0 Å². The molecule has 0 unspecified atom stereocenters. The van der Waals surface area contributed by atoms with E-state index >= 15 is 0 Å². The van der Waals surface area contributed by atoms with Gasteiger partial charge in [0, 0.05) is 40.5 Å². The van der Waals surface area contributed by atoms with Gasteiger partial charge in [0.2, 0.25) is 0 Å². The van der Waals surface area contributed by atoms with Crippen LogP contribution in [0.15, 0.2) is 78.9 Å². The van der Waals surface area contributed by atoms with E-state index in [1.807, 2.05) is 54.6 Å². The summed E-state index contributed by atoms with van der Waals surface area (Å²) in [5.41, 5.74) is 2.73. The first-order chi connectivity index (χ1) is 13.1. The fourth-order valence-electron chi connectivity index (χ4n) is 3.76. The quantitative estimate of drug-likeness (QED) is 0.329. The second-order valence-electron chi connectivity index (χ2n) is 6.71. The van der Waals surface area contributed by atoms with Crippen LogP contribution in [0.4, 0.5) is 5.69 Å². The number of hydrogen-bond acceptors (Lipinski definition) is 3. The lowest BCUT2D eigenvalue weighted by molar-refractivity contribution is -0.384.